The average Bonchev–Trinajstić information content (AvgIpc) is 3.07. The van der Waals surface area contributed by atoms with Crippen LogP contribution in [0.25, 0.3) is 0 Å². The fourth-order valence-corrected chi connectivity index (χ4v) is 3.45. The molecule has 0 saturated heterocycles. The summed E-state index contributed by atoms with van der Waals surface area (Å²) in [6.07, 6.45) is 2.62. The Morgan fingerprint density at radius 1 is 1.04 bits per heavy atom. The molecule has 0 radical (unpaired) electrons. The van der Waals surface area contributed by atoms with E-state index in [1.807, 2.05) is 83.5 Å². The molecule has 1 aromatic heterocycles. The van der Waals surface area contributed by atoms with Crippen molar-refractivity contribution in [2.75, 3.05) is 6.54 Å². The van der Waals surface area contributed by atoms with E-state index >= 15 is 0 Å². The largest absolute Gasteiger partial charge is 0.336 e. The van der Waals surface area contributed by atoms with Crippen LogP contribution < -0.4 is 5.32 Å². The highest BCUT2D eigenvalue weighted by atomic mass is 16.2. The lowest BCUT2D eigenvalue weighted by molar-refractivity contribution is 0.188. The predicted molar refractivity (Wildman–Crippen MR) is 101 cm³/mol. The second-order valence-electron chi connectivity index (χ2n) is 6.62. The summed E-state index contributed by atoms with van der Waals surface area (Å²) in [7, 11) is 1.98. The Balaban J connectivity index is 1.56. The van der Waals surface area contributed by atoms with Gasteiger partial charge in [-0.15, -0.1) is 0 Å². The van der Waals surface area contributed by atoms with Gasteiger partial charge >= 0.3 is 6.03 Å². The van der Waals surface area contributed by atoms with Gasteiger partial charge in [0.15, 0.2) is 0 Å². The quantitative estimate of drug-likeness (QED) is 0.791. The standard InChI is InChI=1S/C21H22N4O/c1-24-15-22-18-12-13-25(14-19(18)24)21(26)23-20(16-8-4-2-5-9-16)17-10-6-3-7-11-17/h2-11,15,20H,12-14H2,1H3,(H,23,26). The summed E-state index contributed by atoms with van der Waals surface area (Å²) in [5.74, 6) is 0. The second-order valence-corrected chi connectivity index (χ2v) is 6.62. The van der Waals surface area contributed by atoms with E-state index in [2.05, 4.69) is 10.3 Å². The van der Waals surface area contributed by atoms with Crippen LogP contribution in [0.5, 0.6) is 0 Å². The zero-order valence-corrected chi connectivity index (χ0v) is 14.8. The van der Waals surface area contributed by atoms with Gasteiger partial charge in [-0.1, -0.05) is 60.7 Å². The molecule has 2 amide bonds. The third-order valence-corrected chi connectivity index (χ3v) is 4.93. The molecule has 132 valence electrons. The summed E-state index contributed by atoms with van der Waals surface area (Å²) in [4.78, 5) is 19.3. The van der Waals surface area contributed by atoms with Crippen molar-refractivity contribution >= 4 is 6.03 Å². The fourth-order valence-electron chi connectivity index (χ4n) is 3.45. The molecule has 0 saturated carbocycles. The van der Waals surface area contributed by atoms with Gasteiger partial charge in [-0.25, -0.2) is 9.78 Å². The topological polar surface area (TPSA) is 50.2 Å². The average molecular weight is 346 g/mol. The van der Waals surface area contributed by atoms with Gasteiger partial charge in [-0.2, -0.15) is 0 Å². The van der Waals surface area contributed by atoms with Crippen molar-refractivity contribution in [3.05, 3.63) is 89.5 Å². The Morgan fingerprint density at radius 2 is 1.65 bits per heavy atom. The van der Waals surface area contributed by atoms with Crippen molar-refractivity contribution in [1.82, 2.24) is 19.8 Å². The molecule has 2 aromatic carbocycles. The Kier molecular flexibility index (Phi) is 4.44. The summed E-state index contributed by atoms with van der Waals surface area (Å²) < 4.78 is 2.00. The monoisotopic (exact) mass is 346 g/mol. The predicted octanol–water partition coefficient (Wildman–Crippen LogP) is 3.28. The molecule has 1 N–H and O–H groups in total. The number of carbonyl (C=O) groups excluding carboxylic acids is 1. The van der Waals surface area contributed by atoms with Crippen molar-refractivity contribution in [2.24, 2.45) is 7.05 Å². The first-order chi connectivity index (χ1) is 12.7. The second kappa shape index (κ2) is 7.04. The molecule has 5 nitrogen and oxygen atoms in total. The number of nitrogens with one attached hydrogen (secondary N) is 1. The van der Waals surface area contributed by atoms with E-state index in [1.54, 1.807) is 0 Å². The molecule has 0 fully saturated rings. The molecule has 5 heteroatoms. The first kappa shape index (κ1) is 16.4. The highest BCUT2D eigenvalue weighted by Gasteiger charge is 2.26. The minimum Gasteiger partial charge on any atom is -0.336 e. The Labute approximate surface area is 153 Å². The van der Waals surface area contributed by atoms with Crippen molar-refractivity contribution in [2.45, 2.75) is 19.0 Å². The third-order valence-electron chi connectivity index (χ3n) is 4.93. The normalized spacial score (nSPS) is 13.5. The molecule has 0 bridgehead atoms. The molecule has 2 heterocycles. The molecule has 0 unspecified atom stereocenters. The number of nitrogens with zero attached hydrogens (tertiary/aromatic N) is 3. The van der Waals surface area contributed by atoms with Crippen LogP contribution in [0.2, 0.25) is 0 Å². The highest BCUT2D eigenvalue weighted by Crippen LogP contribution is 2.23. The first-order valence-electron chi connectivity index (χ1n) is 8.87. The van der Waals surface area contributed by atoms with E-state index in [0.717, 1.165) is 28.9 Å². The molecule has 0 spiro atoms. The van der Waals surface area contributed by atoms with Crippen LogP contribution in [0.3, 0.4) is 0 Å². The van der Waals surface area contributed by atoms with E-state index in [9.17, 15) is 4.79 Å². The van der Waals surface area contributed by atoms with Gasteiger partial charge in [-0.3, -0.25) is 0 Å². The number of aromatic nitrogens is 2. The van der Waals surface area contributed by atoms with Gasteiger partial charge in [0, 0.05) is 20.0 Å². The highest BCUT2D eigenvalue weighted by molar-refractivity contribution is 5.75. The first-order valence-corrected chi connectivity index (χ1v) is 8.87. The Morgan fingerprint density at radius 3 is 2.27 bits per heavy atom. The summed E-state index contributed by atoms with van der Waals surface area (Å²) in [5, 5.41) is 3.22. The Hall–Kier alpha value is -3.08. The maximum Gasteiger partial charge on any atom is 0.318 e. The maximum atomic E-state index is 13.0. The van der Waals surface area contributed by atoms with E-state index in [-0.39, 0.29) is 12.1 Å². The Bertz CT molecular complexity index is 849. The van der Waals surface area contributed by atoms with Gasteiger partial charge in [-0.05, 0) is 11.1 Å². The lowest BCUT2D eigenvalue weighted by Crippen LogP contribution is -2.44. The van der Waals surface area contributed by atoms with Crippen LogP contribution in [0.4, 0.5) is 4.79 Å². The van der Waals surface area contributed by atoms with Crippen molar-refractivity contribution in [3.63, 3.8) is 0 Å². The van der Waals surface area contributed by atoms with Crippen LogP contribution in [-0.4, -0.2) is 27.0 Å². The lowest BCUT2D eigenvalue weighted by Gasteiger charge is -2.30. The van der Waals surface area contributed by atoms with E-state index in [1.165, 1.54) is 0 Å². The van der Waals surface area contributed by atoms with Crippen molar-refractivity contribution < 1.29 is 4.79 Å². The van der Waals surface area contributed by atoms with Gasteiger partial charge in [0.2, 0.25) is 0 Å². The molecular weight excluding hydrogens is 324 g/mol. The maximum absolute atomic E-state index is 13.0. The van der Waals surface area contributed by atoms with Gasteiger partial charge in [0.05, 0.1) is 30.3 Å². The number of aryl methyl sites for hydroxylation is 1. The summed E-state index contributed by atoms with van der Waals surface area (Å²) in [6, 6.07) is 20.0. The minimum absolute atomic E-state index is 0.0467. The summed E-state index contributed by atoms with van der Waals surface area (Å²) in [6.45, 7) is 1.28. The van der Waals surface area contributed by atoms with E-state index < -0.39 is 0 Å². The molecule has 1 aliphatic heterocycles. The minimum atomic E-state index is -0.169. The summed E-state index contributed by atoms with van der Waals surface area (Å²) in [5.41, 5.74) is 4.36. The van der Waals surface area contributed by atoms with Gasteiger partial charge in [0.25, 0.3) is 0 Å². The number of urea groups is 1. The fraction of sp³-hybridized carbons (Fsp3) is 0.238. The number of rotatable bonds is 3. The number of imidazole rings is 1. The van der Waals surface area contributed by atoms with Crippen LogP contribution in [-0.2, 0) is 20.0 Å². The molecule has 26 heavy (non-hydrogen) atoms. The number of benzene rings is 2. The molecule has 4 rings (SSSR count). The van der Waals surface area contributed by atoms with Gasteiger partial charge in [0.1, 0.15) is 0 Å². The zero-order chi connectivity index (χ0) is 17.9. The molecule has 0 atom stereocenters. The SMILES string of the molecule is Cn1cnc2c1CN(C(=O)NC(c1ccccc1)c1ccccc1)CC2. The number of hydrogen-bond acceptors (Lipinski definition) is 2. The van der Waals surface area contributed by atoms with Crippen LogP contribution in [0.15, 0.2) is 67.0 Å². The smallest absolute Gasteiger partial charge is 0.318 e. The molecule has 3 aromatic rings. The number of carbonyl (C=O) groups is 1. The van der Waals surface area contributed by atoms with E-state index in [0.29, 0.717) is 13.1 Å². The van der Waals surface area contributed by atoms with Gasteiger partial charge < -0.3 is 14.8 Å². The van der Waals surface area contributed by atoms with Crippen LogP contribution in [0, 0.1) is 0 Å². The molecular formula is C21H22N4O. The zero-order valence-electron chi connectivity index (χ0n) is 14.8. The van der Waals surface area contributed by atoms with E-state index in [4.69, 9.17) is 0 Å². The molecule has 1 aliphatic rings. The van der Waals surface area contributed by atoms with Crippen LogP contribution >= 0.6 is 0 Å². The number of fused-ring (bicyclic) bond motifs is 1. The number of hydrogen-bond donors (Lipinski definition) is 1. The molecule has 0 aliphatic carbocycles. The van der Waals surface area contributed by atoms with Crippen LogP contribution in [0.1, 0.15) is 28.6 Å². The van der Waals surface area contributed by atoms with Crippen molar-refractivity contribution in [1.29, 1.82) is 0 Å². The third kappa shape index (κ3) is 3.20. The summed E-state index contributed by atoms with van der Waals surface area (Å²) >= 11 is 0. The van der Waals surface area contributed by atoms with Crippen molar-refractivity contribution in [3.8, 4) is 0 Å². The number of amides is 2. The lowest BCUT2D eigenvalue weighted by atomic mass is 9.99.